The SMILES string of the molecule is CC(C)(CNC(=O)c1cn[nH]c1)N1CCOCC1. The number of carbonyl (C=O) groups is 1. The van der Waals surface area contributed by atoms with E-state index in [1.54, 1.807) is 6.20 Å². The molecule has 1 amide bonds. The van der Waals surface area contributed by atoms with Crippen molar-refractivity contribution in [3.05, 3.63) is 18.0 Å². The van der Waals surface area contributed by atoms with Crippen LogP contribution >= 0.6 is 0 Å². The van der Waals surface area contributed by atoms with Gasteiger partial charge in [-0.05, 0) is 13.8 Å². The number of carbonyl (C=O) groups excluding carboxylic acids is 1. The van der Waals surface area contributed by atoms with Crippen molar-refractivity contribution < 1.29 is 9.53 Å². The summed E-state index contributed by atoms with van der Waals surface area (Å²) in [5.74, 6) is -0.0925. The highest BCUT2D eigenvalue weighted by Crippen LogP contribution is 2.15. The Hall–Kier alpha value is -1.40. The summed E-state index contributed by atoms with van der Waals surface area (Å²) in [5.41, 5.74) is 0.496. The smallest absolute Gasteiger partial charge is 0.254 e. The van der Waals surface area contributed by atoms with Gasteiger partial charge in [-0.25, -0.2) is 0 Å². The molecule has 0 saturated carbocycles. The Bertz CT molecular complexity index is 383. The van der Waals surface area contributed by atoms with E-state index in [0.29, 0.717) is 12.1 Å². The van der Waals surface area contributed by atoms with Crippen molar-refractivity contribution in [2.75, 3.05) is 32.8 Å². The number of morpholine rings is 1. The minimum Gasteiger partial charge on any atom is -0.379 e. The summed E-state index contributed by atoms with van der Waals surface area (Å²) < 4.78 is 5.34. The van der Waals surface area contributed by atoms with Crippen molar-refractivity contribution in [3.63, 3.8) is 0 Å². The first-order chi connectivity index (χ1) is 8.59. The average Bonchev–Trinajstić information content (AvgIpc) is 2.91. The van der Waals surface area contributed by atoms with Crippen LogP contribution in [0.3, 0.4) is 0 Å². The van der Waals surface area contributed by atoms with Gasteiger partial charge in [-0.15, -0.1) is 0 Å². The van der Waals surface area contributed by atoms with Gasteiger partial charge in [0.15, 0.2) is 0 Å². The molecule has 0 atom stereocenters. The fourth-order valence-electron chi connectivity index (χ4n) is 2.05. The Morgan fingerprint density at radius 1 is 1.56 bits per heavy atom. The number of ether oxygens (including phenoxy) is 1. The molecular weight excluding hydrogens is 232 g/mol. The van der Waals surface area contributed by atoms with Gasteiger partial charge in [0.05, 0.1) is 25.0 Å². The van der Waals surface area contributed by atoms with Gasteiger partial charge in [0.1, 0.15) is 0 Å². The quantitative estimate of drug-likeness (QED) is 0.806. The van der Waals surface area contributed by atoms with Crippen molar-refractivity contribution in [3.8, 4) is 0 Å². The number of aromatic amines is 1. The lowest BCUT2D eigenvalue weighted by molar-refractivity contribution is -0.00923. The van der Waals surface area contributed by atoms with E-state index in [4.69, 9.17) is 4.74 Å². The highest BCUT2D eigenvalue weighted by molar-refractivity contribution is 5.93. The summed E-state index contributed by atoms with van der Waals surface area (Å²) in [6.45, 7) is 8.22. The monoisotopic (exact) mass is 252 g/mol. The van der Waals surface area contributed by atoms with Crippen LogP contribution in [0.5, 0.6) is 0 Å². The molecule has 0 unspecified atom stereocenters. The van der Waals surface area contributed by atoms with Gasteiger partial charge in [0.2, 0.25) is 0 Å². The molecule has 0 aliphatic carbocycles. The zero-order valence-corrected chi connectivity index (χ0v) is 10.9. The molecule has 18 heavy (non-hydrogen) atoms. The molecule has 100 valence electrons. The third-order valence-electron chi connectivity index (χ3n) is 3.31. The molecule has 1 saturated heterocycles. The van der Waals surface area contributed by atoms with Crippen LogP contribution < -0.4 is 5.32 Å². The predicted octanol–water partition coefficient (Wildman–Crippen LogP) is 0.250. The number of aromatic nitrogens is 2. The van der Waals surface area contributed by atoms with E-state index in [1.165, 1.54) is 6.20 Å². The zero-order valence-electron chi connectivity index (χ0n) is 10.9. The molecule has 2 rings (SSSR count). The standard InChI is InChI=1S/C12H20N4O2/c1-12(2,16-3-5-18-6-4-16)9-13-11(17)10-7-14-15-8-10/h7-8H,3-6,9H2,1-2H3,(H,13,17)(H,14,15). The molecule has 1 fully saturated rings. The molecule has 0 aromatic carbocycles. The topological polar surface area (TPSA) is 70.2 Å². The summed E-state index contributed by atoms with van der Waals surface area (Å²) in [4.78, 5) is 14.2. The molecule has 0 bridgehead atoms. The zero-order chi connectivity index (χ0) is 13.0. The van der Waals surface area contributed by atoms with E-state index in [1.807, 2.05) is 0 Å². The molecular formula is C12H20N4O2. The number of amides is 1. The lowest BCUT2D eigenvalue weighted by atomic mass is 10.0. The number of H-pyrrole nitrogens is 1. The van der Waals surface area contributed by atoms with Crippen LogP contribution in [0.4, 0.5) is 0 Å². The van der Waals surface area contributed by atoms with E-state index in [0.717, 1.165) is 26.3 Å². The van der Waals surface area contributed by atoms with Crippen LogP contribution in [0.2, 0.25) is 0 Å². The van der Waals surface area contributed by atoms with Crippen molar-refractivity contribution in [1.82, 2.24) is 20.4 Å². The summed E-state index contributed by atoms with van der Waals surface area (Å²) in [5, 5.41) is 9.34. The Balaban J connectivity index is 1.86. The van der Waals surface area contributed by atoms with Gasteiger partial charge >= 0.3 is 0 Å². The maximum absolute atomic E-state index is 11.8. The van der Waals surface area contributed by atoms with E-state index >= 15 is 0 Å². The van der Waals surface area contributed by atoms with Crippen LogP contribution in [-0.2, 0) is 4.74 Å². The predicted molar refractivity (Wildman–Crippen MR) is 67.4 cm³/mol. The third kappa shape index (κ3) is 3.08. The fraction of sp³-hybridized carbons (Fsp3) is 0.667. The summed E-state index contributed by atoms with van der Waals surface area (Å²) in [6, 6.07) is 0. The van der Waals surface area contributed by atoms with Gasteiger partial charge in [-0.2, -0.15) is 5.10 Å². The van der Waals surface area contributed by atoms with Gasteiger partial charge in [-0.1, -0.05) is 0 Å². The third-order valence-corrected chi connectivity index (χ3v) is 3.31. The van der Waals surface area contributed by atoms with E-state index in [2.05, 4.69) is 34.3 Å². The largest absolute Gasteiger partial charge is 0.379 e. The maximum atomic E-state index is 11.8. The second kappa shape index (κ2) is 5.49. The van der Waals surface area contributed by atoms with Gasteiger partial charge < -0.3 is 10.1 Å². The summed E-state index contributed by atoms with van der Waals surface area (Å²) in [6.07, 6.45) is 3.12. The number of nitrogens with zero attached hydrogens (tertiary/aromatic N) is 2. The van der Waals surface area contributed by atoms with Crippen LogP contribution in [0, 0.1) is 0 Å². The van der Waals surface area contributed by atoms with Crippen LogP contribution in [-0.4, -0.2) is 59.4 Å². The Morgan fingerprint density at radius 2 is 2.28 bits per heavy atom. The highest BCUT2D eigenvalue weighted by Gasteiger charge is 2.28. The van der Waals surface area contributed by atoms with Gasteiger partial charge in [-0.3, -0.25) is 14.8 Å². The maximum Gasteiger partial charge on any atom is 0.254 e. The first kappa shape index (κ1) is 13.0. The van der Waals surface area contributed by atoms with Gasteiger partial charge in [0.25, 0.3) is 5.91 Å². The normalized spacial score (nSPS) is 17.7. The number of nitrogens with one attached hydrogen (secondary N) is 2. The molecule has 1 aromatic heterocycles. The molecule has 1 aromatic rings. The van der Waals surface area contributed by atoms with Gasteiger partial charge in [0, 0.05) is 31.4 Å². The Kier molecular flexibility index (Phi) is 3.98. The lowest BCUT2D eigenvalue weighted by Crippen LogP contribution is -2.55. The molecule has 6 heteroatoms. The first-order valence-electron chi connectivity index (χ1n) is 6.19. The Morgan fingerprint density at radius 3 is 2.89 bits per heavy atom. The average molecular weight is 252 g/mol. The summed E-state index contributed by atoms with van der Waals surface area (Å²) in [7, 11) is 0. The summed E-state index contributed by atoms with van der Waals surface area (Å²) >= 11 is 0. The van der Waals surface area contributed by atoms with Crippen molar-refractivity contribution in [2.24, 2.45) is 0 Å². The molecule has 2 heterocycles. The second-order valence-electron chi connectivity index (χ2n) is 5.08. The highest BCUT2D eigenvalue weighted by atomic mass is 16.5. The fourth-order valence-corrected chi connectivity index (χ4v) is 2.05. The first-order valence-corrected chi connectivity index (χ1v) is 6.19. The second-order valence-corrected chi connectivity index (χ2v) is 5.08. The Labute approximate surface area is 107 Å². The molecule has 6 nitrogen and oxygen atoms in total. The molecule has 1 aliphatic rings. The minimum atomic E-state index is -0.0925. The van der Waals surface area contributed by atoms with E-state index in [-0.39, 0.29) is 11.4 Å². The lowest BCUT2D eigenvalue weighted by Gasteiger charge is -2.40. The van der Waals surface area contributed by atoms with Crippen molar-refractivity contribution in [2.45, 2.75) is 19.4 Å². The number of hydrogen-bond acceptors (Lipinski definition) is 4. The molecule has 0 spiro atoms. The molecule has 2 N–H and O–H groups in total. The minimum absolute atomic E-state index is 0.0663. The molecule has 0 radical (unpaired) electrons. The van der Waals surface area contributed by atoms with Crippen LogP contribution in [0.15, 0.2) is 12.4 Å². The van der Waals surface area contributed by atoms with E-state index < -0.39 is 0 Å². The number of rotatable bonds is 4. The van der Waals surface area contributed by atoms with Crippen molar-refractivity contribution in [1.29, 1.82) is 0 Å². The van der Waals surface area contributed by atoms with Crippen LogP contribution in [0.25, 0.3) is 0 Å². The molecule has 1 aliphatic heterocycles. The van der Waals surface area contributed by atoms with Crippen LogP contribution in [0.1, 0.15) is 24.2 Å². The van der Waals surface area contributed by atoms with Crippen molar-refractivity contribution >= 4 is 5.91 Å². The number of hydrogen-bond donors (Lipinski definition) is 2. The van der Waals surface area contributed by atoms with E-state index in [9.17, 15) is 4.79 Å².